The van der Waals surface area contributed by atoms with E-state index in [0.29, 0.717) is 31.2 Å². The molecule has 0 aliphatic rings. The lowest BCUT2D eigenvalue weighted by atomic mass is 10.1. The molecule has 0 saturated heterocycles. The van der Waals surface area contributed by atoms with E-state index in [1.165, 1.54) is 0 Å². The van der Waals surface area contributed by atoms with Gasteiger partial charge in [-0.15, -0.1) is 40.8 Å². The Balaban J connectivity index is 0.00000450. The second-order valence-electron chi connectivity index (χ2n) is 6.33. The zero-order valence-corrected chi connectivity index (χ0v) is 19.2. The molecule has 0 saturated carbocycles. The first-order valence-electron chi connectivity index (χ1n) is 8.98. The van der Waals surface area contributed by atoms with E-state index in [2.05, 4.69) is 37.1 Å². The SMILES string of the molecule is C=CCNC(=NCc1ccc(COCC(F)(F)F)cc1)NCc1nnc(C)n1C.I. The number of hydrogen-bond donors (Lipinski definition) is 2. The summed E-state index contributed by atoms with van der Waals surface area (Å²) in [7, 11) is 1.89. The number of hydrogen-bond acceptors (Lipinski definition) is 4. The monoisotopic (exact) mass is 538 g/mol. The van der Waals surface area contributed by atoms with E-state index in [0.717, 1.165) is 17.2 Å². The predicted molar refractivity (Wildman–Crippen MR) is 119 cm³/mol. The molecule has 1 aromatic carbocycles. The van der Waals surface area contributed by atoms with Crippen LogP contribution in [0.1, 0.15) is 22.8 Å². The molecule has 1 heterocycles. The summed E-state index contributed by atoms with van der Waals surface area (Å²) >= 11 is 0. The summed E-state index contributed by atoms with van der Waals surface area (Å²) in [6.45, 7) is 5.60. The van der Waals surface area contributed by atoms with E-state index in [1.54, 1.807) is 18.2 Å². The van der Waals surface area contributed by atoms with Gasteiger partial charge in [-0.3, -0.25) is 0 Å². The topological polar surface area (TPSA) is 76.4 Å². The Morgan fingerprint density at radius 3 is 2.43 bits per heavy atom. The van der Waals surface area contributed by atoms with Crippen LogP contribution in [0.25, 0.3) is 0 Å². The Morgan fingerprint density at radius 2 is 1.87 bits per heavy atom. The summed E-state index contributed by atoms with van der Waals surface area (Å²) in [6, 6.07) is 7.08. The van der Waals surface area contributed by atoms with Crippen LogP contribution in [-0.2, 0) is 31.5 Å². The van der Waals surface area contributed by atoms with Gasteiger partial charge in [0.15, 0.2) is 11.8 Å². The molecule has 30 heavy (non-hydrogen) atoms. The minimum Gasteiger partial charge on any atom is -0.367 e. The van der Waals surface area contributed by atoms with Crippen molar-refractivity contribution in [2.45, 2.75) is 32.8 Å². The Bertz CT molecular complexity index is 821. The second-order valence-corrected chi connectivity index (χ2v) is 6.33. The van der Waals surface area contributed by atoms with Crippen LogP contribution in [0, 0.1) is 6.92 Å². The maximum atomic E-state index is 12.1. The highest BCUT2D eigenvalue weighted by atomic mass is 127. The van der Waals surface area contributed by atoms with Crippen molar-refractivity contribution in [3.05, 3.63) is 59.7 Å². The van der Waals surface area contributed by atoms with Crippen LogP contribution >= 0.6 is 24.0 Å². The van der Waals surface area contributed by atoms with Crippen LogP contribution in [0.3, 0.4) is 0 Å². The summed E-state index contributed by atoms with van der Waals surface area (Å²) in [5.41, 5.74) is 1.58. The molecular formula is C19H26F3IN6O. The summed E-state index contributed by atoms with van der Waals surface area (Å²) in [4.78, 5) is 4.52. The van der Waals surface area contributed by atoms with Gasteiger partial charge in [0.2, 0.25) is 0 Å². The third-order valence-corrected chi connectivity index (χ3v) is 3.99. The van der Waals surface area contributed by atoms with Crippen molar-refractivity contribution >= 4 is 29.9 Å². The molecule has 11 heteroatoms. The van der Waals surface area contributed by atoms with Gasteiger partial charge < -0.3 is 19.9 Å². The van der Waals surface area contributed by atoms with Crippen molar-refractivity contribution in [2.75, 3.05) is 13.2 Å². The molecule has 7 nitrogen and oxygen atoms in total. The largest absolute Gasteiger partial charge is 0.411 e. The molecule has 0 unspecified atom stereocenters. The van der Waals surface area contributed by atoms with E-state index >= 15 is 0 Å². The molecule has 0 spiro atoms. The number of benzene rings is 1. The number of rotatable bonds is 9. The lowest BCUT2D eigenvalue weighted by Crippen LogP contribution is -2.37. The van der Waals surface area contributed by atoms with Crippen molar-refractivity contribution < 1.29 is 17.9 Å². The number of nitrogens with zero attached hydrogens (tertiary/aromatic N) is 4. The van der Waals surface area contributed by atoms with Gasteiger partial charge in [0, 0.05) is 13.6 Å². The standard InChI is InChI=1S/C19H25F3N6O.HI/c1-4-9-23-18(25-11-17-27-26-14(2)28(17)3)24-10-15-5-7-16(8-6-15)12-29-13-19(20,21)22;/h4-8H,1,9-13H2,2-3H3,(H2,23,24,25);1H. The van der Waals surface area contributed by atoms with Crippen LogP contribution in [0.5, 0.6) is 0 Å². The van der Waals surface area contributed by atoms with Crippen molar-refractivity contribution in [2.24, 2.45) is 12.0 Å². The third-order valence-electron chi connectivity index (χ3n) is 3.99. The molecule has 0 aliphatic heterocycles. The van der Waals surface area contributed by atoms with Crippen LogP contribution in [0.15, 0.2) is 41.9 Å². The van der Waals surface area contributed by atoms with Gasteiger partial charge in [-0.1, -0.05) is 30.3 Å². The molecule has 0 radical (unpaired) electrons. The summed E-state index contributed by atoms with van der Waals surface area (Å²) in [5.74, 6) is 2.18. The maximum absolute atomic E-state index is 12.1. The number of aryl methyl sites for hydroxylation is 1. The quantitative estimate of drug-likeness (QED) is 0.222. The lowest BCUT2D eigenvalue weighted by molar-refractivity contribution is -0.176. The fourth-order valence-corrected chi connectivity index (χ4v) is 2.31. The number of aromatic nitrogens is 3. The maximum Gasteiger partial charge on any atom is 0.411 e. The lowest BCUT2D eigenvalue weighted by Gasteiger charge is -2.11. The highest BCUT2D eigenvalue weighted by molar-refractivity contribution is 14.0. The molecule has 2 N–H and O–H groups in total. The van der Waals surface area contributed by atoms with Gasteiger partial charge in [-0.05, 0) is 18.1 Å². The fourth-order valence-electron chi connectivity index (χ4n) is 2.31. The second kappa shape index (κ2) is 12.5. The number of halogens is 4. The van der Waals surface area contributed by atoms with Gasteiger partial charge in [-0.2, -0.15) is 13.2 Å². The molecule has 166 valence electrons. The van der Waals surface area contributed by atoms with Gasteiger partial charge in [0.1, 0.15) is 12.4 Å². The number of nitrogens with one attached hydrogen (secondary N) is 2. The van der Waals surface area contributed by atoms with E-state index in [9.17, 15) is 13.2 Å². The smallest absolute Gasteiger partial charge is 0.367 e. The molecular weight excluding hydrogens is 512 g/mol. The minimum absolute atomic E-state index is 0. The number of alkyl halides is 3. The van der Waals surface area contributed by atoms with E-state index in [1.807, 2.05) is 30.7 Å². The average molecular weight is 538 g/mol. The van der Waals surface area contributed by atoms with E-state index < -0.39 is 12.8 Å². The van der Waals surface area contributed by atoms with Crippen molar-refractivity contribution in [1.29, 1.82) is 0 Å². The molecule has 2 rings (SSSR count). The molecule has 0 amide bonds. The van der Waals surface area contributed by atoms with Crippen molar-refractivity contribution in [3.8, 4) is 0 Å². The molecule has 2 aromatic rings. The van der Waals surface area contributed by atoms with Gasteiger partial charge in [0.05, 0.1) is 19.7 Å². The van der Waals surface area contributed by atoms with Crippen LogP contribution in [0.4, 0.5) is 13.2 Å². The zero-order valence-electron chi connectivity index (χ0n) is 16.9. The van der Waals surface area contributed by atoms with Crippen molar-refractivity contribution in [3.63, 3.8) is 0 Å². The molecule has 0 atom stereocenters. The Morgan fingerprint density at radius 1 is 1.20 bits per heavy atom. The Hall–Kier alpha value is -2.15. The number of guanidine groups is 1. The predicted octanol–water partition coefficient (Wildman–Crippen LogP) is 3.24. The van der Waals surface area contributed by atoms with Gasteiger partial charge >= 0.3 is 6.18 Å². The summed E-state index contributed by atoms with van der Waals surface area (Å²) in [6.07, 6.45) is -2.60. The summed E-state index contributed by atoms with van der Waals surface area (Å²) in [5, 5.41) is 14.4. The minimum atomic E-state index is -4.32. The zero-order chi connectivity index (χ0) is 21.3. The highest BCUT2D eigenvalue weighted by Crippen LogP contribution is 2.16. The molecule has 0 bridgehead atoms. The van der Waals surface area contributed by atoms with Crippen LogP contribution in [-0.4, -0.2) is 40.1 Å². The van der Waals surface area contributed by atoms with Crippen LogP contribution < -0.4 is 10.6 Å². The van der Waals surface area contributed by atoms with E-state index in [4.69, 9.17) is 0 Å². The normalized spacial score (nSPS) is 11.7. The Kier molecular flexibility index (Phi) is 10.8. The fraction of sp³-hybridized carbons (Fsp3) is 0.421. The van der Waals surface area contributed by atoms with E-state index in [-0.39, 0.29) is 30.6 Å². The first-order chi connectivity index (χ1) is 13.8. The molecule has 1 aromatic heterocycles. The summed E-state index contributed by atoms with van der Waals surface area (Å²) < 4.78 is 42.9. The van der Waals surface area contributed by atoms with Gasteiger partial charge in [0.25, 0.3) is 0 Å². The highest BCUT2D eigenvalue weighted by Gasteiger charge is 2.27. The first-order valence-corrected chi connectivity index (χ1v) is 8.98. The number of aliphatic imine (C=N–C) groups is 1. The molecule has 0 aliphatic carbocycles. The Labute approximate surface area is 190 Å². The average Bonchev–Trinajstić information content (AvgIpc) is 2.99. The molecule has 0 fully saturated rings. The van der Waals surface area contributed by atoms with Gasteiger partial charge in [-0.25, -0.2) is 4.99 Å². The third kappa shape index (κ3) is 9.11. The van der Waals surface area contributed by atoms with Crippen molar-refractivity contribution in [1.82, 2.24) is 25.4 Å². The van der Waals surface area contributed by atoms with Crippen LogP contribution in [0.2, 0.25) is 0 Å². The number of ether oxygens (including phenoxy) is 1. The first kappa shape index (κ1) is 25.9.